The van der Waals surface area contributed by atoms with Crippen LogP contribution >= 0.6 is 0 Å². The lowest BCUT2D eigenvalue weighted by atomic mass is 10.2. The molecule has 35 heavy (non-hydrogen) atoms. The summed E-state index contributed by atoms with van der Waals surface area (Å²) in [5.41, 5.74) is 1.76. The number of nitrogens with one attached hydrogen (secondary N) is 1. The van der Waals surface area contributed by atoms with E-state index < -0.39 is 16.3 Å². The van der Waals surface area contributed by atoms with Crippen LogP contribution in [0.1, 0.15) is 21.7 Å². The van der Waals surface area contributed by atoms with Gasteiger partial charge in [0.2, 0.25) is 5.43 Å². The number of carbonyl (C=O) groups is 1. The van der Waals surface area contributed by atoms with Gasteiger partial charge in [-0.2, -0.15) is 5.10 Å². The van der Waals surface area contributed by atoms with E-state index >= 15 is 0 Å². The van der Waals surface area contributed by atoms with Crippen molar-refractivity contribution in [1.82, 2.24) is 9.78 Å². The number of hydrogen-bond donors (Lipinski definition) is 1. The Kier molecular flexibility index (Phi) is 6.68. The third-order valence-electron chi connectivity index (χ3n) is 5.46. The summed E-state index contributed by atoms with van der Waals surface area (Å²) in [6.45, 7) is 2.21. The van der Waals surface area contributed by atoms with E-state index in [1.54, 1.807) is 25.1 Å². The van der Waals surface area contributed by atoms with E-state index in [-0.39, 0.29) is 17.1 Å². The number of benzene rings is 3. The normalized spacial score (nSPS) is 10.6. The van der Waals surface area contributed by atoms with Crippen molar-refractivity contribution in [1.29, 1.82) is 0 Å². The minimum Gasteiger partial charge on any atom is -0.369 e. The number of aryl methyl sites for hydroxylation is 1. The molecule has 176 valence electrons. The molecule has 0 saturated carbocycles. The van der Waals surface area contributed by atoms with Crippen LogP contribution in [0.3, 0.4) is 0 Å². The van der Waals surface area contributed by atoms with Gasteiger partial charge in [0.05, 0.1) is 16.3 Å². The fraction of sp³-hybridized carbons (Fsp3) is 0.115. The smallest absolute Gasteiger partial charge is 0.294 e. The van der Waals surface area contributed by atoms with Crippen LogP contribution in [0, 0.1) is 17.0 Å². The van der Waals surface area contributed by atoms with Crippen molar-refractivity contribution in [2.24, 2.45) is 0 Å². The minimum atomic E-state index is -0.706. The van der Waals surface area contributed by atoms with Gasteiger partial charge >= 0.3 is 0 Å². The predicted molar refractivity (Wildman–Crippen MR) is 134 cm³/mol. The van der Waals surface area contributed by atoms with Crippen molar-refractivity contribution < 1.29 is 9.72 Å². The summed E-state index contributed by atoms with van der Waals surface area (Å²) in [5.74, 6) is -0.706. The summed E-state index contributed by atoms with van der Waals surface area (Å²) >= 11 is 0. The van der Waals surface area contributed by atoms with Crippen LogP contribution in [0.4, 0.5) is 17.1 Å². The molecule has 1 N–H and O–H groups in total. The summed E-state index contributed by atoms with van der Waals surface area (Å²) in [5, 5.41) is 18.5. The summed E-state index contributed by atoms with van der Waals surface area (Å²) in [4.78, 5) is 38.7. The van der Waals surface area contributed by atoms with Gasteiger partial charge in [0.15, 0.2) is 5.69 Å². The highest BCUT2D eigenvalue weighted by Gasteiger charge is 2.21. The Morgan fingerprint density at radius 2 is 1.69 bits per heavy atom. The lowest BCUT2D eigenvalue weighted by molar-refractivity contribution is -0.384. The molecule has 9 nitrogen and oxygen atoms in total. The molecule has 0 spiro atoms. The first kappa shape index (κ1) is 23.4. The van der Waals surface area contributed by atoms with E-state index in [1.807, 2.05) is 54.4 Å². The molecule has 0 saturated heterocycles. The molecule has 0 radical (unpaired) electrons. The van der Waals surface area contributed by atoms with Crippen LogP contribution in [-0.2, 0) is 6.54 Å². The van der Waals surface area contributed by atoms with Gasteiger partial charge in [0.1, 0.15) is 5.69 Å². The van der Waals surface area contributed by atoms with Crippen molar-refractivity contribution in [2.75, 3.05) is 17.3 Å². The van der Waals surface area contributed by atoms with Gasteiger partial charge in [-0.3, -0.25) is 19.7 Å². The number of anilines is 2. The molecule has 1 amide bonds. The van der Waals surface area contributed by atoms with Crippen molar-refractivity contribution >= 4 is 23.0 Å². The quantitative estimate of drug-likeness (QED) is 0.318. The number of hydrogen-bond acceptors (Lipinski definition) is 6. The van der Waals surface area contributed by atoms with Gasteiger partial charge in [-0.1, -0.05) is 54.6 Å². The van der Waals surface area contributed by atoms with E-state index in [2.05, 4.69) is 10.4 Å². The molecule has 0 atom stereocenters. The molecule has 1 heterocycles. The SMILES string of the molecule is Cc1cc(=O)c(C(=O)Nc2ccccc2N(C)Cc2ccccc2)nn1-c1ccccc1[N+](=O)[O-]. The number of nitrogens with zero attached hydrogens (tertiary/aromatic N) is 4. The Bertz CT molecular complexity index is 1450. The fourth-order valence-electron chi connectivity index (χ4n) is 3.78. The first-order chi connectivity index (χ1) is 16.8. The van der Waals surface area contributed by atoms with E-state index in [0.29, 0.717) is 17.9 Å². The second kappa shape index (κ2) is 10.0. The first-order valence-corrected chi connectivity index (χ1v) is 10.9. The van der Waals surface area contributed by atoms with Crippen molar-refractivity contribution in [2.45, 2.75) is 13.5 Å². The zero-order valence-corrected chi connectivity index (χ0v) is 19.2. The Morgan fingerprint density at radius 3 is 2.43 bits per heavy atom. The van der Waals surface area contributed by atoms with Gasteiger partial charge in [-0.15, -0.1) is 0 Å². The lowest BCUT2D eigenvalue weighted by Crippen LogP contribution is -2.28. The highest BCUT2D eigenvalue weighted by molar-refractivity contribution is 6.04. The van der Waals surface area contributed by atoms with Crippen LogP contribution in [-0.4, -0.2) is 27.7 Å². The van der Waals surface area contributed by atoms with Gasteiger partial charge in [0.25, 0.3) is 11.6 Å². The van der Waals surface area contributed by atoms with Crippen molar-refractivity contribution in [3.63, 3.8) is 0 Å². The fourth-order valence-corrected chi connectivity index (χ4v) is 3.78. The highest BCUT2D eigenvalue weighted by Crippen LogP contribution is 2.27. The summed E-state index contributed by atoms with van der Waals surface area (Å²) in [7, 11) is 1.91. The maximum Gasteiger partial charge on any atom is 0.294 e. The number of rotatable bonds is 7. The van der Waals surface area contributed by atoms with Crippen LogP contribution in [0.5, 0.6) is 0 Å². The number of amides is 1. The molecule has 0 fully saturated rings. The molecular formula is C26H23N5O4. The summed E-state index contributed by atoms with van der Waals surface area (Å²) in [6, 6.07) is 24.4. The third kappa shape index (κ3) is 5.09. The number of para-hydroxylation sites is 4. The second-order valence-electron chi connectivity index (χ2n) is 7.97. The van der Waals surface area contributed by atoms with E-state index in [1.165, 1.54) is 28.9 Å². The zero-order valence-electron chi connectivity index (χ0n) is 19.2. The highest BCUT2D eigenvalue weighted by atomic mass is 16.6. The standard InChI is InChI=1S/C26H23N5O4/c1-18-16-24(32)25(28-30(18)22-14-8-9-15-23(22)31(34)35)26(33)27-20-12-6-7-13-21(20)29(2)17-19-10-4-3-5-11-19/h3-16H,17H2,1-2H3,(H,27,33). The van der Waals surface area contributed by atoms with Crippen LogP contribution < -0.4 is 15.6 Å². The van der Waals surface area contributed by atoms with Gasteiger partial charge < -0.3 is 10.2 Å². The first-order valence-electron chi connectivity index (χ1n) is 10.9. The predicted octanol–water partition coefficient (Wildman–Crippen LogP) is 4.34. The van der Waals surface area contributed by atoms with Crippen LogP contribution in [0.25, 0.3) is 5.69 Å². The average Bonchev–Trinajstić information content (AvgIpc) is 2.85. The molecule has 9 heteroatoms. The van der Waals surface area contributed by atoms with Crippen LogP contribution in [0.2, 0.25) is 0 Å². The molecule has 0 aliphatic heterocycles. The van der Waals surface area contributed by atoms with Gasteiger partial charge in [-0.05, 0) is 30.7 Å². The lowest BCUT2D eigenvalue weighted by Gasteiger charge is -2.22. The Labute approximate surface area is 201 Å². The topological polar surface area (TPSA) is 110 Å². The number of carbonyl (C=O) groups excluding carboxylic acids is 1. The summed E-state index contributed by atoms with van der Waals surface area (Å²) < 4.78 is 1.24. The van der Waals surface area contributed by atoms with E-state index in [4.69, 9.17) is 0 Å². The number of nitro groups is 1. The molecule has 0 aliphatic carbocycles. The number of nitro benzene ring substituents is 1. The van der Waals surface area contributed by atoms with Crippen LogP contribution in [0.15, 0.2) is 89.7 Å². The molecule has 4 aromatic rings. The Morgan fingerprint density at radius 1 is 1.03 bits per heavy atom. The van der Waals surface area contributed by atoms with Crippen molar-refractivity contribution in [3.8, 4) is 5.69 Å². The van der Waals surface area contributed by atoms with Crippen molar-refractivity contribution in [3.05, 3.63) is 122 Å². The average molecular weight is 470 g/mol. The monoisotopic (exact) mass is 469 g/mol. The van der Waals surface area contributed by atoms with E-state index in [0.717, 1.165) is 11.3 Å². The largest absolute Gasteiger partial charge is 0.369 e. The van der Waals surface area contributed by atoms with Gasteiger partial charge in [0, 0.05) is 31.4 Å². The molecule has 0 aliphatic rings. The maximum atomic E-state index is 13.1. The molecule has 0 unspecified atom stereocenters. The third-order valence-corrected chi connectivity index (χ3v) is 5.46. The molecular weight excluding hydrogens is 446 g/mol. The molecule has 0 bridgehead atoms. The number of aromatic nitrogens is 2. The zero-order chi connectivity index (χ0) is 24.9. The Hall–Kier alpha value is -4.79. The maximum absolute atomic E-state index is 13.1. The van der Waals surface area contributed by atoms with E-state index in [9.17, 15) is 19.7 Å². The second-order valence-corrected chi connectivity index (χ2v) is 7.97. The molecule has 1 aromatic heterocycles. The molecule has 4 rings (SSSR count). The minimum absolute atomic E-state index is 0.159. The molecule has 3 aromatic carbocycles. The summed E-state index contributed by atoms with van der Waals surface area (Å²) in [6.07, 6.45) is 0. The van der Waals surface area contributed by atoms with Gasteiger partial charge in [-0.25, -0.2) is 4.68 Å². The Balaban J connectivity index is 1.66.